The van der Waals surface area contributed by atoms with Crippen LogP contribution in [-0.2, 0) is 11.2 Å². The summed E-state index contributed by atoms with van der Waals surface area (Å²) < 4.78 is 0.959. The summed E-state index contributed by atoms with van der Waals surface area (Å²) in [4.78, 5) is 13.2. The molecule has 3 rings (SSSR count). The number of carbonyl (C=O) groups excluding carboxylic acids is 1. The molecule has 1 aliphatic rings. The van der Waals surface area contributed by atoms with Crippen molar-refractivity contribution in [2.45, 2.75) is 19.3 Å². The number of nitrogens with zero attached hydrogens (tertiary/aromatic N) is 2. The van der Waals surface area contributed by atoms with E-state index in [0.29, 0.717) is 15.0 Å². The maximum Gasteiger partial charge on any atom is 0.186 e. The first-order valence-electron chi connectivity index (χ1n) is 6.68. The van der Waals surface area contributed by atoms with Crippen molar-refractivity contribution in [3.63, 3.8) is 0 Å². The van der Waals surface area contributed by atoms with E-state index in [1.807, 2.05) is 37.3 Å². The number of ketones is 1. The lowest BCUT2D eigenvalue weighted by atomic mass is 10.1. The van der Waals surface area contributed by atoms with E-state index in [0.717, 1.165) is 21.5 Å². The van der Waals surface area contributed by atoms with Gasteiger partial charge in [0.15, 0.2) is 5.78 Å². The van der Waals surface area contributed by atoms with Crippen LogP contribution < -0.4 is 0 Å². The fraction of sp³-hybridized carbons (Fsp3) is 0.200. The summed E-state index contributed by atoms with van der Waals surface area (Å²) in [6, 6.07) is 7.73. The van der Waals surface area contributed by atoms with Crippen molar-refractivity contribution in [3.05, 3.63) is 49.2 Å². The maximum absolute atomic E-state index is 12.6. The number of halogens is 1. The molecule has 7 heteroatoms. The Labute approximate surface area is 144 Å². The van der Waals surface area contributed by atoms with Gasteiger partial charge in [-0.3, -0.25) is 10.2 Å². The van der Waals surface area contributed by atoms with Crippen molar-refractivity contribution in [2.24, 2.45) is 0 Å². The second-order valence-electron chi connectivity index (χ2n) is 4.71. The van der Waals surface area contributed by atoms with E-state index in [-0.39, 0.29) is 5.78 Å². The highest BCUT2D eigenvalue weighted by atomic mass is 79.9. The van der Waals surface area contributed by atoms with Gasteiger partial charge in [0.25, 0.3) is 0 Å². The molecule has 0 saturated carbocycles. The topological polar surface area (TPSA) is 66.7 Å². The van der Waals surface area contributed by atoms with Crippen LogP contribution in [0.4, 0.5) is 0 Å². The molecule has 1 aromatic heterocycles. The molecule has 1 saturated heterocycles. The molecule has 1 N–H and O–H groups in total. The number of thioether (sulfide) groups is 1. The van der Waals surface area contributed by atoms with Crippen LogP contribution in [0.5, 0.6) is 0 Å². The average molecular weight is 394 g/mol. The van der Waals surface area contributed by atoms with Gasteiger partial charge < -0.3 is 0 Å². The third-order valence-electron chi connectivity index (χ3n) is 3.17. The molecule has 1 aromatic carbocycles. The third-order valence-corrected chi connectivity index (χ3v) is 5.79. The van der Waals surface area contributed by atoms with Gasteiger partial charge >= 0.3 is 0 Å². The number of Topliss-reactive ketones (excluding diaryl/α,β-unsaturated/α-hetero) is 1. The lowest BCUT2D eigenvalue weighted by molar-refractivity contribution is -0.114. The fourth-order valence-electron chi connectivity index (χ4n) is 2.09. The Hall–Kier alpha value is -1.31. The number of aryl methyl sites for hydroxylation is 1. The highest BCUT2D eigenvalue weighted by Gasteiger charge is 2.39. The van der Waals surface area contributed by atoms with Gasteiger partial charge in [-0.15, -0.1) is 21.5 Å². The molecular formula is C15H12BrN3OS2. The van der Waals surface area contributed by atoms with Gasteiger partial charge in [0.1, 0.15) is 15.9 Å². The van der Waals surface area contributed by atoms with E-state index in [9.17, 15) is 4.79 Å². The molecule has 4 nitrogen and oxygen atoms in total. The molecule has 1 fully saturated rings. The summed E-state index contributed by atoms with van der Waals surface area (Å²) in [6.07, 6.45) is 2.62. The molecule has 0 aliphatic carbocycles. The highest BCUT2D eigenvalue weighted by molar-refractivity contribution is 9.10. The molecule has 1 aliphatic heterocycles. The first-order chi connectivity index (χ1) is 10.6. The monoisotopic (exact) mass is 393 g/mol. The van der Waals surface area contributed by atoms with Gasteiger partial charge in [0.2, 0.25) is 0 Å². The minimum atomic E-state index is -0.582. The van der Waals surface area contributed by atoms with Crippen LogP contribution in [0, 0.1) is 5.41 Å². The van der Waals surface area contributed by atoms with Gasteiger partial charge in [-0.2, -0.15) is 0 Å². The smallest absolute Gasteiger partial charge is 0.186 e. The summed E-state index contributed by atoms with van der Waals surface area (Å²) in [6.45, 7) is 2.00. The van der Waals surface area contributed by atoms with Crippen molar-refractivity contribution in [1.82, 2.24) is 10.2 Å². The van der Waals surface area contributed by atoms with Gasteiger partial charge in [-0.05, 0) is 30.2 Å². The Morgan fingerprint density at radius 3 is 2.91 bits per heavy atom. The quantitative estimate of drug-likeness (QED) is 0.790. The van der Waals surface area contributed by atoms with Crippen molar-refractivity contribution in [3.8, 4) is 0 Å². The van der Waals surface area contributed by atoms with Gasteiger partial charge in [-0.25, -0.2) is 0 Å². The minimum Gasteiger partial charge on any atom is -0.297 e. The van der Waals surface area contributed by atoms with Gasteiger partial charge in [0, 0.05) is 4.47 Å². The van der Waals surface area contributed by atoms with E-state index in [2.05, 4.69) is 26.1 Å². The predicted octanol–water partition coefficient (Wildman–Crippen LogP) is 4.28. The Balaban J connectivity index is 1.91. The van der Waals surface area contributed by atoms with Crippen molar-refractivity contribution >= 4 is 55.9 Å². The lowest BCUT2D eigenvalue weighted by Crippen LogP contribution is -2.11. The summed E-state index contributed by atoms with van der Waals surface area (Å²) in [5, 5.41) is 18.1. The van der Waals surface area contributed by atoms with E-state index in [1.54, 1.807) is 0 Å². The summed E-state index contributed by atoms with van der Waals surface area (Å²) >= 11 is 6.05. The summed E-state index contributed by atoms with van der Waals surface area (Å²) in [5.41, 5.74) is 0.935. The number of hydrogen-bond donors (Lipinski definition) is 1. The molecule has 2 heterocycles. The Morgan fingerprint density at radius 2 is 2.23 bits per heavy atom. The van der Waals surface area contributed by atoms with Crippen molar-refractivity contribution in [1.29, 1.82) is 5.41 Å². The maximum atomic E-state index is 12.6. The molecule has 22 heavy (non-hydrogen) atoms. The number of hydrogen-bond acceptors (Lipinski definition) is 6. The molecule has 0 bridgehead atoms. The van der Waals surface area contributed by atoms with Crippen LogP contribution in [0.25, 0.3) is 6.08 Å². The van der Waals surface area contributed by atoms with Crippen molar-refractivity contribution in [2.75, 3.05) is 0 Å². The van der Waals surface area contributed by atoms with Gasteiger partial charge in [-0.1, -0.05) is 46.7 Å². The first kappa shape index (κ1) is 15.6. The number of rotatable bonds is 3. The number of allylic oxidation sites excluding steroid dienone is 1. The molecule has 0 amide bonds. The molecular weight excluding hydrogens is 382 g/mol. The van der Waals surface area contributed by atoms with Crippen LogP contribution in [0.15, 0.2) is 33.6 Å². The first-order valence-corrected chi connectivity index (χ1v) is 9.11. The van der Waals surface area contributed by atoms with Crippen LogP contribution >= 0.6 is 39.0 Å². The number of aromatic nitrogens is 2. The van der Waals surface area contributed by atoms with Gasteiger partial charge in [0.05, 0.1) is 9.95 Å². The van der Waals surface area contributed by atoms with E-state index in [4.69, 9.17) is 5.41 Å². The van der Waals surface area contributed by atoms with Crippen molar-refractivity contribution < 1.29 is 4.79 Å². The fourth-order valence-corrected chi connectivity index (χ4v) is 4.46. The van der Waals surface area contributed by atoms with E-state index in [1.165, 1.54) is 23.1 Å². The zero-order chi connectivity index (χ0) is 15.7. The SMILES string of the molecule is CCc1nnc(C2C(=N)SC(=Cc3cccc(Br)c3)C2=O)s1. The van der Waals surface area contributed by atoms with E-state index < -0.39 is 5.92 Å². The lowest BCUT2D eigenvalue weighted by Gasteiger charge is -2.00. The molecule has 1 unspecified atom stereocenters. The zero-order valence-electron chi connectivity index (χ0n) is 11.7. The standard InChI is InChI=1S/C15H12BrN3OS2/c1-2-11-18-19-15(22-11)12-13(20)10(21-14(12)17)7-8-4-3-5-9(16)6-8/h3-7,12,17H,2H2,1H3. The zero-order valence-corrected chi connectivity index (χ0v) is 14.9. The largest absolute Gasteiger partial charge is 0.297 e. The Kier molecular flexibility index (Phi) is 4.56. The Bertz CT molecular complexity index is 785. The summed E-state index contributed by atoms with van der Waals surface area (Å²) in [7, 11) is 0. The second kappa shape index (κ2) is 6.44. The Morgan fingerprint density at radius 1 is 1.41 bits per heavy atom. The minimum absolute atomic E-state index is 0.0613. The number of nitrogens with one attached hydrogen (secondary N) is 1. The third kappa shape index (κ3) is 3.06. The highest BCUT2D eigenvalue weighted by Crippen LogP contribution is 2.41. The normalized spacial score (nSPS) is 20.1. The van der Waals surface area contributed by atoms with E-state index >= 15 is 0 Å². The molecule has 0 spiro atoms. The predicted molar refractivity (Wildman–Crippen MR) is 94.5 cm³/mol. The molecule has 112 valence electrons. The van der Waals surface area contributed by atoms with Crippen LogP contribution in [0.3, 0.4) is 0 Å². The second-order valence-corrected chi connectivity index (χ2v) is 7.81. The number of carbonyl (C=O) groups is 1. The average Bonchev–Trinajstić information content (AvgIpc) is 3.04. The summed E-state index contributed by atoms with van der Waals surface area (Å²) in [5.74, 6) is -0.644. The molecule has 1 atom stereocenters. The molecule has 0 radical (unpaired) electrons. The van der Waals surface area contributed by atoms with Crippen LogP contribution in [-0.4, -0.2) is 21.0 Å². The molecule has 2 aromatic rings. The number of benzene rings is 1. The van der Waals surface area contributed by atoms with Crippen LogP contribution in [0.2, 0.25) is 0 Å². The van der Waals surface area contributed by atoms with Crippen LogP contribution in [0.1, 0.15) is 28.4 Å².